The number of hydrogen-bond donors (Lipinski definition) is 0. The van der Waals surface area contributed by atoms with Gasteiger partial charge in [0.1, 0.15) is 0 Å². The predicted octanol–water partition coefficient (Wildman–Crippen LogP) is 16.4. The van der Waals surface area contributed by atoms with Gasteiger partial charge in [0.25, 0.3) is 0 Å². The molecule has 11 rings (SSSR count). The fourth-order valence-electron chi connectivity index (χ4n) is 9.82. The summed E-state index contributed by atoms with van der Waals surface area (Å²) in [7, 11) is 0. The average molecular weight is 751 g/mol. The molecule has 0 bridgehead atoms. The molecule has 0 heteroatoms. The Morgan fingerprint density at radius 3 is 1.51 bits per heavy atom. The lowest BCUT2D eigenvalue weighted by molar-refractivity contribution is 0.660. The van der Waals surface area contributed by atoms with Crippen LogP contribution in [0.3, 0.4) is 0 Å². The maximum Gasteiger partial charge on any atom is 0.0159 e. The van der Waals surface area contributed by atoms with E-state index in [1.807, 2.05) is 6.07 Å². The van der Waals surface area contributed by atoms with Gasteiger partial charge in [0.15, 0.2) is 0 Å². The van der Waals surface area contributed by atoms with Crippen molar-refractivity contribution in [2.75, 3.05) is 0 Å². The second-order valence-electron chi connectivity index (χ2n) is 16.4. The first-order valence-corrected chi connectivity index (χ1v) is 20.7. The smallest absolute Gasteiger partial charge is 0.0159 e. The van der Waals surface area contributed by atoms with Crippen LogP contribution in [-0.2, 0) is 5.41 Å². The molecule has 0 aliphatic heterocycles. The molecule has 278 valence electrons. The molecule has 10 aromatic rings. The van der Waals surface area contributed by atoms with Gasteiger partial charge in [-0.05, 0) is 128 Å². The molecule has 0 nitrogen and oxygen atoms in total. The molecule has 0 atom stereocenters. The van der Waals surface area contributed by atoms with E-state index in [0.29, 0.717) is 0 Å². The second kappa shape index (κ2) is 14.0. The molecule has 1 aliphatic rings. The van der Waals surface area contributed by atoms with Gasteiger partial charge in [0.2, 0.25) is 0 Å². The molecule has 1 aliphatic carbocycles. The van der Waals surface area contributed by atoms with Gasteiger partial charge in [-0.2, -0.15) is 0 Å². The molecule has 0 unspecified atom stereocenters. The molecule has 59 heavy (non-hydrogen) atoms. The van der Waals surface area contributed by atoms with Crippen LogP contribution in [0.2, 0.25) is 0 Å². The van der Waals surface area contributed by atoms with Crippen LogP contribution in [0.4, 0.5) is 0 Å². The van der Waals surface area contributed by atoms with Crippen molar-refractivity contribution in [3.63, 3.8) is 0 Å². The second-order valence-corrected chi connectivity index (χ2v) is 16.4. The summed E-state index contributed by atoms with van der Waals surface area (Å²) in [5.41, 5.74) is 15.2. The molecule has 0 aromatic heterocycles. The van der Waals surface area contributed by atoms with Crippen molar-refractivity contribution in [1.29, 1.82) is 0 Å². The van der Waals surface area contributed by atoms with Crippen molar-refractivity contribution in [3.05, 3.63) is 230 Å². The molecule has 0 saturated carbocycles. The predicted molar refractivity (Wildman–Crippen MR) is 253 cm³/mol. The normalized spacial score (nSPS) is 12.7. The molecule has 0 radical (unpaired) electrons. The van der Waals surface area contributed by atoms with Crippen LogP contribution >= 0.6 is 0 Å². The third-order valence-corrected chi connectivity index (χ3v) is 12.7. The highest BCUT2D eigenvalue weighted by atomic mass is 14.4. The third kappa shape index (κ3) is 5.75. The fraction of sp³-hybridized carbons (Fsp3) is 0.0508. The standard InChI is InChI=1S/C59H42/c1-59(2)55-27-17-16-24-48(55)49-34-32-43(38-56(49)59)42-33-35-52-54(36-42)58(53-37-44-20-10-11-21-45(44)46-22-12-13-23-47(46)53)51-26-15-14-25-50(51)57(52)41-30-28-40(29-31-41)39-18-8-6-4-3-5-7-9-19-39/h3-38H,1-2H3. The van der Waals surface area contributed by atoms with Crippen LogP contribution in [0.1, 0.15) is 25.0 Å². The van der Waals surface area contributed by atoms with E-state index in [-0.39, 0.29) is 5.41 Å². The van der Waals surface area contributed by atoms with Gasteiger partial charge < -0.3 is 0 Å². The first-order valence-electron chi connectivity index (χ1n) is 20.7. The fourth-order valence-corrected chi connectivity index (χ4v) is 9.82. The van der Waals surface area contributed by atoms with Crippen LogP contribution in [0, 0.1) is 0 Å². The lowest BCUT2D eigenvalue weighted by Crippen LogP contribution is -2.14. The number of fused-ring (bicyclic) bond motifs is 8. The Kier molecular flexibility index (Phi) is 8.27. The van der Waals surface area contributed by atoms with E-state index in [1.165, 1.54) is 110 Å². The zero-order chi connectivity index (χ0) is 39.5. The van der Waals surface area contributed by atoms with Gasteiger partial charge in [-0.25, -0.2) is 0 Å². The summed E-state index contributed by atoms with van der Waals surface area (Å²) in [6.45, 7) is 4.73. The SMILES string of the molecule is CC1(C)c2ccccc2-c2ccc(-c3ccc4c(-c5ccc(-c6ccccccccc6)cc5)c5ccccc5c(-c5cc6ccccc6c6ccccc56)c4c3)cc21. The quantitative estimate of drug-likeness (QED) is 0.124. The van der Waals surface area contributed by atoms with Crippen molar-refractivity contribution in [1.82, 2.24) is 0 Å². The molecule has 0 fully saturated rings. The van der Waals surface area contributed by atoms with E-state index >= 15 is 0 Å². The maximum absolute atomic E-state index is 2.47. The molecule has 0 heterocycles. The Bertz CT molecular complexity index is 3320. The van der Waals surface area contributed by atoms with Gasteiger partial charge in [-0.1, -0.05) is 214 Å². The van der Waals surface area contributed by atoms with E-state index in [0.717, 1.165) is 0 Å². The van der Waals surface area contributed by atoms with Crippen molar-refractivity contribution in [2.45, 2.75) is 19.3 Å². The highest BCUT2D eigenvalue weighted by Gasteiger charge is 2.35. The van der Waals surface area contributed by atoms with Gasteiger partial charge in [0, 0.05) is 5.41 Å². The molecule has 0 N–H and O–H groups in total. The highest BCUT2D eigenvalue weighted by Crippen LogP contribution is 2.51. The summed E-state index contributed by atoms with van der Waals surface area (Å²) in [5.74, 6) is 0. The maximum atomic E-state index is 2.47. The molecular formula is C59H42. The van der Waals surface area contributed by atoms with Gasteiger partial charge in [0.05, 0.1) is 0 Å². The van der Waals surface area contributed by atoms with Crippen molar-refractivity contribution in [2.24, 2.45) is 0 Å². The van der Waals surface area contributed by atoms with E-state index < -0.39 is 0 Å². The lowest BCUT2D eigenvalue weighted by Gasteiger charge is -2.22. The summed E-state index contributed by atoms with van der Waals surface area (Å²) in [6.07, 6.45) is 0. The first kappa shape index (κ1) is 34.9. The van der Waals surface area contributed by atoms with Crippen molar-refractivity contribution >= 4 is 43.1 Å². The lowest BCUT2D eigenvalue weighted by atomic mass is 9.81. The van der Waals surface area contributed by atoms with E-state index in [4.69, 9.17) is 0 Å². The average Bonchev–Trinajstić information content (AvgIpc) is 3.52. The van der Waals surface area contributed by atoms with E-state index in [9.17, 15) is 0 Å². The minimum atomic E-state index is -0.0755. The monoisotopic (exact) mass is 750 g/mol. The first-order chi connectivity index (χ1) is 29.0. The number of benzene rings is 9. The molecular weight excluding hydrogens is 709 g/mol. The van der Waals surface area contributed by atoms with Crippen molar-refractivity contribution < 1.29 is 0 Å². The number of hydrogen-bond acceptors (Lipinski definition) is 0. The summed E-state index contributed by atoms with van der Waals surface area (Å²) in [6, 6.07) is 80.5. The minimum absolute atomic E-state index is 0.0755. The van der Waals surface area contributed by atoms with Crippen LogP contribution in [-0.4, -0.2) is 0 Å². The van der Waals surface area contributed by atoms with Crippen molar-refractivity contribution in [3.8, 4) is 55.6 Å². The van der Waals surface area contributed by atoms with Crippen LogP contribution in [0.5, 0.6) is 0 Å². The minimum Gasteiger partial charge on any atom is -0.0623 e. The number of rotatable bonds is 4. The summed E-state index contributed by atoms with van der Waals surface area (Å²) in [5, 5.41) is 10.1. The Balaban J connectivity index is 1.18. The third-order valence-electron chi connectivity index (χ3n) is 12.7. The van der Waals surface area contributed by atoms with Gasteiger partial charge in [-0.3, -0.25) is 0 Å². The topological polar surface area (TPSA) is 0 Å². The largest absolute Gasteiger partial charge is 0.0623 e. The Morgan fingerprint density at radius 2 is 0.746 bits per heavy atom. The van der Waals surface area contributed by atoms with Gasteiger partial charge in [-0.15, -0.1) is 0 Å². The summed E-state index contributed by atoms with van der Waals surface area (Å²) in [4.78, 5) is 0. The van der Waals surface area contributed by atoms with E-state index in [2.05, 4.69) is 226 Å². The zero-order valence-electron chi connectivity index (χ0n) is 33.3. The summed E-state index contributed by atoms with van der Waals surface area (Å²) < 4.78 is 0. The molecule has 0 spiro atoms. The van der Waals surface area contributed by atoms with Gasteiger partial charge >= 0.3 is 0 Å². The molecule has 0 amide bonds. The Hall–Kier alpha value is -7.28. The molecule has 10 aromatic carbocycles. The van der Waals surface area contributed by atoms with Crippen LogP contribution in [0.15, 0.2) is 218 Å². The Labute approximate surface area is 346 Å². The van der Waals surface area contributed by atoms with Crippen LogP contribution in [0.25, 0.3) is 98.7 Å². The summed E-state index contributed by atoms with van der Waals surface area (Å²) >= 11 is 0. The van der Waals surface area contributed by atoms with Crippen LogP contribution < -0.4 is 0 Å². The Morgan fingerprint density at radius 1 is 0.254 bits per heavy atom. The highest BCUT2D eigenvalue weighted by molar-refractivity contribution is 6.26. The molecule has 0 saturated heterocycles. The van der Waals surface area contributed by atoms with E-state index in [1.54, 1.807) is 0 Å². The zero-order valence-corrected chi connectivity index (χ0v) is 33.3.